The summed E-state index contributed by atoms with van der Waals surface area (Å²) in [6, 6.07) is 4.00. The highest BCUT2D eigenvalue weighted by Gasteiger charge is 2.30. The minimum Gasteiger partial charge on any atom is -0.330 e. The molecule has 20 heavy (non-hydrogen) atoms. The molecule has 1 aliphatic rings. The monoisotopic (exact) mass is 402 g/mol. The minimum absolute atomic E-state index is 0.0360. The summed E-state index contributed by atoms with van der Waals surface area (Å²) in [5, 5.41) is 3.05. The molecule has 1 aliphatic carbocycles. The summed E-state index contributed by atoms with van der Waals surface area (Å²) in [5.41, 5.74) is 7.75. The fourth-order valence-electron chi connectivity index (χ4n) is 2.87. The lowest BCUT2D eigenvalue weighted by Crippen LogP contribution is -2.35. The summed E-state index contributed by atoms with van der Waals surface area (Å²) in [6.45, 7) is 2.61. The Hall–Kier alpha value is -0.390. The van der Waals surface area contributed by atoms with Gasteiger partial charge in [-0.25, -0.2) is 0 Å². The Balaban J connectivity index is 2.15. The largest absolute Gasteiger partial charge is 0.330 e. The van der Waals surface area contributed by atoms with Crippen LogP contribution in [0.5, 0.6) is 0 Å². The zero-order valence-electron chi connectivity index (χ0n) is 11.6. The van der Waals surface area contributed by atoms with Crippen molar-refractivity contribution in [2.45, 2.75) is 32.6 Å². The van der Waals surface area contributed by atoms with Gasteiger partial charge >= 0.3 is 0 Å². The highest BCUT2D eigenvalue weighted by atomic mass is 79.9. The molecule has 0 heterocycles. The number of aryl methyl sites for hydroxylation is 1. The van der Waals surface area contributed by atoms with Crippen LogP contribution >= 0.6 is 31.9 Å². The standard InChI is InChI=1S/C15H20Br2N2O/c1-9-6-12(16)14(13(17)7-9)19-15(20)11-5-3-2-4-10(11)8-18/h6-7,10-11H,2-5,8,18H2,1H3,(H,19,20). The second-order valence-corrected chi connectivity index (χ2v) is 7.19. The Morgan fingerprint density at radius 2 is 1.90 bits per heavy atom. The van der Waals surface area contributed by atoms with Crippen molar-refractivity contribution < 1.29 is 4.79 Å². The SMILES string of the molecule is Cc1cc(Br)c(NC(=O)C2CCCCC2CN)c(Br)c1. The van der Waals surface area contributed by atoms with Gasteiger partial charge in [0.15, 0.2) is 0 Å². The van der Waals surface area contributed by atoms with Gasteiger partial charge in [0, 0.05) is 14.9 Å². The number of anilines is 1. The van der Waals surface area contributed by atoms with Crippen LogP contribution in [-0.4, -0.2) is 12.5 Å². The molecule has 0 aliphatic heterocycles. The summed E-state index contributed by atoms with van der Waals surface area (Å²) in [5.74, 6) is 0.436. The van der Waals surface area contributed by atoms with Crippen LogP contribution in [0.25, 0.3) is 0 Å². The molecular weight excluding hydrogens is 384 g/mol. The molecule has 3 N–H and O–H groups in total. The summed E-state index contributed by atoms with van der Waals surface area (Å²) in [4.78, 5) is 12.5. The quantitative estimate of drug-likeness (QED) is 0.793. The molecule has 110 valence electrons. The van der Waals surface area contributed by atoms with Crippen molar-refractivity contribution in [3.8, 4) is 0 Å². The molecule has 5 heteroatoms. The second-order valence-electron chi connectivity index (χ2n) is 5.48. The van der Waals surface area contributed by atoms with Gasteiger partial charge in [0.2, 0.25) is 5.91 Å². The number of carbonyl (C=O) groups is 1. The number of hydrogen-bond acceptors (Lipinski definition) is 2. The van der Waals surface area contributed by atoms with Crippen molar-refractivity contribution in [3.63, 3.8) is 0 Å². The van der Waals surface area contributed by atoms with Gasteiger partial charge in [0.05, 0.1) is 5.69 Å². The van der Waals surface area contributed by atoms with E-state index in [1.165, 1.54) is 6.42 Å². The van der Waals surface area contributed by atoms with Crippen LogP contribution in [0.1, 0.15) is 31.2 Å². The number of hydrogen-bond donors (Lipinski definition) is 2. The first-order valence-electron chi connectivity index (χ1n) is 6.99. The van der Waals surface area contributed by atoms with Crippen molar-refractivity contribution in [1.29, 1.82) is 0 Å². The van der Waals surface area contributed by atoms with E-state index in [-0.39, 0.29) is 11.8 Å². The average molecular weight is 404 g/mol. The van der Waals surface area contributed by atoms with Crippen molar-refractivity contribution in [2.75, 3.05) is 11.9 Å². The molecule has 0 radical (unpaired) electrons. The van der Waals surface area contributed by atoms with E-state index in [1.54, 1.807) is 0 Å². The number of rotatable bonds is 3. The first-order chi connectivity index (χ1) is 9.52. The molecule has 1 aromatic carbocycles. The van der Waals surface area contributed by atoms with E-state index in [0.717, 1.165) is 39.5 Å². The van der Waals surface area contributed by atoms with Gasteiger partial charge < -0.3 is 11.1 Å². The first-order valence-corrected chi connectivity index (χ1v) is 8.58. The Morgan fingerprint density at radius 3 is 2.50 bits per heavy atom. The average Bonchev–Trinajstić information content (AvgIpc) is 2.42. The fourth-order valence-corrected chi connectivity index (χ4v) is 4.48. The number of nitrogens with two attached hydrogens (primary N) is 1. The molecule has 3 nitrogen and oxygen atoms in total. The summed E-state index contributed by atoms with van der Waals surface area (Å²) < 4.78 is 1.80. The molecule has 2 unspecified atom stereocenters. The van der Waals surface area contributed by atoms with Gasteiger partial charge in [0.1, 0.15) is 0 Å². The summed E-state index contributed by atoms with van der Waals surface area (Å²) in [6.07, 6.45) is 4.30. The molecule has 0 bridgehead atoms. The van der Waals surface area contributed by atoms with Gasteiger partial charge in [-0.05, 0) is 81.8 Å². The zero-order chi connectivity index (χ0) is 14.7. The van der Waals surface area contributed by atoms with Crippen molar-refractivity contribution in [1.82, 2.24) is 0 Å². The lowest BCUT2D eigenvalue weighted by Gasteiger charge is -2.29. The smallest absolute Gasteiger partial charge is 0.227 e. The Kier molecular flexibility index (Phi) is 5.64. The van der Waals surface area contributed by atoms with Crippen LogP contribution in [0.2, 0.25) is 0 Å². The molecule has 1 amide bonds. The third-order valence-electron chi connectivity index (χ3n) is 3.98. The highest BCUT2D eigenvalue weighted by molar-refractivity contribution is 9.11. The van der Waals surface area contributed by atoms with E-state index in [0.29, 0.717) is 12.5 Å². The van der Waals surface area contributed by atoms with Crippen LogP contribution < -0.4 is 11.1 Å². The Morgan fingerprint density at radius 1 is 1.30 bits per heavy atom. The predicted octanol–water partition coefficient (Wildman–Crippen LogP) is 4.22. The third kappa shape index (κ3) is 3.62. The van der Waals surface area contributed by atoms with Crippen LogP contribution in [0.3, 0.4) is 0 Å². The normalized spacial score (nSPS) is 22.6. The zero-order valence-corrected chi connectivity index (χ0v) is 14.8. The van der Waals surface area contributed by atoms with E-state index >= 15 is 0 Å². The number of carbonyl (C=O) groups excluding carboxylic acids is 1. The van der Waals surface area contributed by atoms with Gasteiger partial charge in [-0.1, -0.05) is 12.8 Å². The number of amides is 1. The van der Waals surface area contributed by atoms with Crippen LogP contribution in [0, 0.1) is 18.8 Å². The lowest BCUT2D eigenvalue weighted by atomic mass is 9.78. The molecule has 1 fully saturated rings. The fraction of sp³-hybridized carbons (Fsp3) is 0.533. The second kappa shape index (κ2) is 7.05. The van der Waals surface area contributed by atoms with Gasteiger partial charge in [-0.2, -0.15) is 0 Å². The maximum Gasteiger partial charge on any atom is 0.227 e. The number of nitrogens with one attached hydrogen (secondary N) is 1. The molecule has 2 rings (SSSR count). The maximum absolute atomic E-state index is 12.5. The van der Waals surface area contributed by atoms with Gasteiger partial charge in [0.25, 0.3) is 0 Å². The molecule has 1 aromatic rings. The van der Waals surface area contributed by atoms with Crippen LogP contribution in [0.4, 0.5) is 5.69 Å². The number of halogens is 2. The van der Waals surface area contributed by atoms with Crippen molar-refractivity contribution >= 4 is 43.5 Å². The molecule has 1 saturated carbocycles. The van der Waals surface area contributed by atoms with E-state index in [9.17, 15) is 4.79 Å². The number of benzene rings is 1. The van der Waals surface area contributed by atoms with Gasteiger partial charge in [-0.3, -0.25) is 4.79 Å². The van der Waals surface area contributed by atoms with Crippen LogP contribution in [0.15, 0.2) is 21.1 Å². The van der Waals surface area contributed by atoms with Gasteiger partial charge in [-0.15, -0.1) is 0 Å². The molecular formula is C15H20Br2N2O. The van der Waals surface area contributed by atoms with E-state index < -0.39 is 0 Å². The van der Waals surface area contributed by atoms with Crippen molar-refractivity contribution in [3.05, 3.63) is 26.6 Å². The first kappa shape index (κ1) is 16.0. The molecule has 0 saturated heterocycles. The predicted molar refractivity (Wildman–Crippen MR) is 89.7 cm³/mol. The lowest BCUT2D eigenvalue weighted by molar-refractivity contribution is -0.122. The summed E-state index contributed by atoms with van der Waals surface area (Å²) >= 11 is 7.03. The minimum atomic E-state index is 0.0360. The third-order valence-corrected chi connectivity index (χ3v) is 5.23. The molecule has 0 aromatic heterocycles. The molecule has 0 spiro atoms. The maximum atomic E-state index is 12.5. The van der Waals surface area contributed by atoms with E-state index in [2.05, 4.69) is 37.2 Å². The van der Waals surface area contributed by atoms with Crippen molar-refractivity contribution in [2.24, 2.45) is 17.6 Å². The van der Waals surface area contributed by atoms with Crippen LogP contribution in [-0.2, 0) is 4.79 Å². The highest BCUT2D eigenvalue weighted by Crippen LogP contribution is 2.35. The topological polar surface area (TPSA) is 55.1 Å². The Bertz CT molecular complexity index is 482. The van der Waals surface area contributed by atoms with E-state index in [4.69, 9.17) is 5.73 Å². The van der Waals surface area contributed by atoms with E-state index in [1.807, 2.05) is 19.1 Å². The summed E-state index contributed by atoms with van der Waals surface area (Å²) in [7, 11) is 0. The Labute approximate surface area is 136 Å². The molecule has 2 atom stereocenters.